The lowest BCUT2D eigenvalue weighted by molar-refractivity contribution is 0.119. The van der Waals surface area contributed by atoms with Crippen LogP contribution in [0.3, 0.4) is 0 Å². The van der Waals surface area contributed by atoms with Crippen LogP contribution >= 0.6 is 0 Å². The van der Waals surface area contributed by atoms with Gasteiger partial charge in [0, 0.05) is 31.7 Å². The number of hydrogen-bond donors (Lipinski definition) is 1. The monoisotopic (exact) mass is 221 g/mol. The highest BCUT2D eigenvalue weighted by molar-refractivity contribution is 5.34. The fourth-order valence-electron chi connectivity index (χ4n) is 4.34. The van der Waals surface area contributed by atoms with Gasteiger partial charge in [-0.1, -0.05) is 5.16 Å². The Morgan fingerprint density at radius 3 is 3.25 bits per heavy atom. The summed E-state index contributed by atoms with van der Waals surface area (Å²) in [5.74, 6) is 0.867. The molecule has 0 aromatic carbocycles. The minimum atomic E-state index is 0.357. The molecule has 86 valence electrons. The molecule has 3 unspecified atom stereocenters. The van der Waals surface area contributed by atoms with Crippen LogP contribution in [0.5, 0.6) is 0 Å². The van der Waals surface area contributed by atoms with Gasteiger partial charge in [-0.25, -0.2) is 4.48 Å². The van der Waals surface area contributed by atoms with Crippen LogP contribution in [0.15, 0.2) is 10.9 Å². The summed E-state index contributed by atoms with van der Waals surface area (Å²) < 4.78 is 6.37. The van der Waals surface area contributed by atoms with Crippen molar-refractivity contribution in [3.63, 3.8) is 0 Å². The topological polar surface area (TPSA) is 51.0 Å². The smallest absolute Gasteiger partial charge is 0.311 e. The highest BCUT2D eigenvalue weighted by Crippen LogP contribution is 2.52. The van der Waals surface area contributed by atoms with E-state index < -0.39 is 0 Å². The molecule has 3 fully saturated rings. The molecule has 3 aliphatic rings. The predicted octanol–water partition coefficient (Wildman–Crippen LogP) is 0.533. The first-order valence-corrected chi connectivity index (χ1v) is 6.20. The molecule has 1 aromatic rings. The van der Waals surface area contributed by atoms with Gasteiger partial charge < -0.3 is 5.32 Å². The lowest BCUT2D eigenvalue weighted by Gasteiger charge is -2.42. The maximum atomic E-state index is 5.41. The lowest BCUT2D eigenvalue weighted by atomic mass is 9.85. The summed E-state index contributed by atoms with van der Waals surface area (Å²) in [5, 5.41) is 7.33. The lowest BCUT2D eigenvalue weighted by Crippen LogP contribution is -2.63. The molecule has 0 aliphatic carbocycles. The first-order chi connectivity index (χ1) is 7.85. The molecule has 5 heteroatoms. The van der Waals surface area contributed by atoms with Crippen molar-refractivity contribution in [2.45, 2.75) is 24.8 Å². The van der Waals surface area contributed by atoms with Crippen LogP contribution in [0.25, 0.3) is 0 Å². The summed E-state index contributed by atoms with van der Waals surface area (Å²) in [6.45, 7) is 4.66. The van der Waals surface area contributed by atoms with E-state index in [1.807, 2.05) is 0 Å². The molecule has 16 heavy (non-hydrogen) atoms. The molecule has 1 spiro atoms. The van der Waals surface area contributed by atoms with E-state index in [1.165, 1.54) is 32.4 Å². The Balaban J connectivity index is 1.85. The molecule has 1 aromatic heterocycles. The van der Waals surface area contributed by atoms with E-state index in [2.05, 4.69) is 15.5 Å². The number of aromatic nitrogens is 2. The molecule has 3 aliphatic heterocycles. The van der Waals surface area contributed by atoms with Crippen molar-refractivity contribution in [2.24, 2.45) is 5.92 Å². The second-order valence-corrected chi connectivity index (χ2v) is 5.61. The molecule has 3 saturated heterocycles. The van der Waals surface area contributed by atoms with Gasteiger partial charge in [0.15, 0.2) is 6.33 Å². The number of piperidine rings is 1. The van der Waals surface area contributed by atoms with Crippen molar-refractivity contribution in [2.75, 3.05) is 26.2 Å². The molecule has 4 heterocycles. The molecule has 0 radical (unpaired) electrons. The first-order valence-electron chi connectivity index (χ1n) is 6.20. The number of nitrogens with zero attached hydrogens (tertiary/aromatic N) is 3. The van der Waals surface area contributed by atoms with E-state index in [-0.39, 0.29) is 0 Å². The number of rotatable bonds is 1. The van der Waals surface area contributed by atoms with E-state index in [9.17, 15) is 0 Å². The first kappa shape index (κ1) is 9.13. The van der Waals surface area contributed by atoms with Gasteiger partial charge in [-0.3, -0.25) is 4.52 Å². The van der Waals surface area contributed by atoms with Gasteiger partial charge in [-0.05, 0) is 0 Å². The van der Waals surface area contributed by atoms with Crippen LogP contribution in [0, 0.1) is 5.92 Å². The summed E-state index contributed by atoms with van der Waals surface area (Å²) in [6, 6.07) is 0.851. The number of hydrogen-bond acceptors (Lipinski definition) is 4. The Labute approximate surface area is 94.4 Å². The predicted molar refractivity (Wildman–Crippen MR) is 58.8 cm³/mol. The summed E-state index contributed by atoms with van der Waals surface area (Å²) in [7, 11) is 0. The van der Waals surface area contributed by atoms with Gasteiger partial charge >= 0.3 is 6.01 Å². The quantitative estimate of drug-likeness (QED) is 0.703. The van der Waals surface area contributed by atoms with Gasteiger partial charge in [0.2, 0.25) is 0 Å². The van der Waals surface area contributed by atoms with Gasteiger partial charge in [-0.2, -0.15) is 0 Å². The molecule has 1 N–H and O–H groups in total. The largest absolute Gasteiger partial charge is 0.427 e. The van der Waals surface area contributed by atoms with Crippen LogP contribution < -0.4 is 9.80 Å². The van der Waals surface area contributed by atoms with Gasteiger partial charge in [-0.15, -0.1) is 4.98 Å². The summed E-state index contributed by atoms with van der Waals surface area (Å²) in [6.07, 6.45) is 5.46. The van der Waals surface area contributed by atoms with E-state index in [1.54, 1.807) is 6.33 Å². The van der Waals surface area contributed by atoms with Crippen molar-refractivity contribution in [3.05, 3.63) is 6.33 Å². The summed E-state index contributed by atoms with van der Waals surface area (Å²) in [4.78, 5) is 4.35. The Kier molecular flexibility index (Phi) is 1.62. The van der Waals surface area contributed by atoms with Crippen LogP contribution in [0.4, 0.5) is 6.01 Å². The Bertz CT molecular complexity index is 398. The van der Waals surface area contributed by atoms with Gasteiger partial charge in [0.05, 0.1) is 19.6 Å². The highest BCUT2D eigenvalue weighted by Gasteiger charge is 2.66. The van der Waals surface area contributed by atoms with Crippen molar-refractivity contribution < 1.29 is 4.52 Å². The zero-order chi connectivity index (χ0) is 10.6. The van der Waals surface area contributed by atoms with Gasteiger partial charge in [0.1, 0.15) is 5.54 Å². The average Bonchev–Trinajstić information content (AvgIpc) is 3.00. The normalized spacial score (nSPS) is 45.9. The van der Waals surface area contributed by atoms with Crippen LogP contribution in [-0.2, 0) is 0 Å². The Morgan fingerprint density at radius 1 is 1.56 bits per heavy atom. The molecule has 4 rings (SSSR count). The molecule has 5 nitrogen and oxygen atoms in total. The fraction of sp³-hybridized carbons (Fsp3) is 0.818. The number of fused-ring (bicyclic) bond motifs is 3. The minimum absolute atomic E-state index is 0.357. The molecule has 2 bridgehead atoms. The maximum absolute atomic E-state index is 5.41. The summed E-state index contributed by atoms with van der Waals surface area (Å²) in [5.41, 5.74) is 0.357. The van der Waals surface area contributed by atoms with E-state index in [0.717, 1.165) is 29.5 Å². The second-order valence-electron chi connectivity index (χ2n) is 5.61. The highest BCUT2D eigenvalue weighted by atomic mass is 16.5. The number of quaternary nitrogens is 1. The summed E-state index contributed by atoms with van der Waals surface area (Å²) >= 11 is 0. The van der Waals surface area contributed by atoms with Crippen LogP contribution in [0.2, 0.25) is 0 Å². The van der Waals surface area contributed by atoms with Crippen LogP contribution in [-0.4, -0.2) is 41.9 Å². The third-order valence-electron chi connectivity index (χ3n) is 5.00. The number of nitrogens with one attached hydrogen (secondary N) is 1. The third-order valence-corrected chi connectivity index (χ3v) is 5.00. The minimum Gasteiger partial charge on any atom is -0.311 e. The van der Waals surface area contributed by atoms with Crippen molar-refractivity contribution >= 4 is 6.01 Å². The molecule has 3 atom stereocenters. The molecular formula is C11H17N4O+. The van der Waals surface area contributed by atoms with Gasteiger partial charge in [0.25, 0.3) is 0 Å². The Hall–Kier alpha value is -0.940. The molecule has 0 saturated carbocycles. The van der Waals surface area contributed by atoms with E-state index in [4.69, 9.17) is 4.52 Å². The Morgan fingerprint density at radius 2 is 2.56 bits per heavy atom. The average molecular weight is 221 g/mol. The second kappa shape index (κ2) is 2.84. The molecular weight excluding hydrogens is 204 g/mol. The maximum Gasteiger partial charge on any atom is 0.427 e. The van der Waals surface area contributed by atoms with E-state index >= 15 is 0 Å². The van der Waals surface area contributed by atoms with Crippen LogP contribution in [0.1, 0.15) is 19.3 Å². The van der Waals surface area contributed by atoms with E-state index in [0.29, 0.717) is 5.54 Å². The zero-order valence-corrected chi connectivity index (χ0v) is 9.35. The van der Waals surface area contributed by atoms with Crippen molar-refractivity contribution in [1.82, 2.24) is 19.9 Å². The molecule has 0 amide bonds. The van der Waals surface area contributed by atoms with Crippen molar-refractivity contribution in [1.29, 1.82) is 0 Å². The fourth-order valence-corrected chi connectivity index (χ4v) is 4.34. The van der Waals surface area contributed by atoms with Crippen molar-refractivity contribution in [3.8, 4) is 0 Å². The SMILES string of the molecule is c1noc([N+]23CCC(CC24CCNC4)C3)n1. The standard InChI is InChI=1S/C11H17N4O/c1-4-15(10-13-8-14-16-10)6-9(1)5-11(15)2-3-12-7-11/h8-9,12H,1-7H2/q+1. The third kappa shape index (κ3) is 0.895. The zero-order valence-electron chi connectivity index (χ0n) is 9.35.